The lowest BCUT2D eigenvalue weighted by Crippen LogP contribution is -2.27. The third-order valence-corrected chi connectivity index (χ3v) is 3.45. The zero-order valence-corrected chi connectivity index (χ0v) is 10.2. The lowest BCUT2D eigenvalue weighted by Gasteiger charge is -2.08. The second-order valence-electron chi connectivity index (χ2n) is 5.10. The minimum atomic E-state index is -0.961. The molecule has 0 aliphatic heterocycles. The fourth-order valence-electron chi connectivity index (χ4n) is 1.98. The van der Waals surface area contributed by atoms with Crippen molar-refractivity contribution in [1.29, 1.82) is 0 Å². The maximum atomic E-state index is 11.1. The van der Waals surface area contributed by atoms with Gasteiger partial charge in [0, 0.05) is 12.1 Å². The van der Waals surface area contributed by atoms with Crippen LogP contribution in [0.5, 0.6) is 0 Å². The van der Waals surface area contributed by atoms with E-state index in [0.29, 0.717) is 6.54 Å². The molecule has 0 bridgehead atoms. The molecule has 94 valence electrons. The van der Waals surface area contributed by atoms with Gasteiger partial charge >= 0.3 is 5.97 Å². The molecule has 1 aliphatic rings. The van der Waals surface area contributed by atoms with Gasteiger partial charge in [-0.05, 0) is 38.0 Å². The van der Waals surface area contributed by atoms with Crippen molar-refractivity contribution >= 4 is 11.5 Å². The van der Waals surface area contributed by atoms with E-state index in [1.165, 1.54) is 17.4 Å². The number of carboxylic acids is 1. The molecule has 0 aromatic carbocycles. The number of rotatable bonds is 4. The van der Waals surface area contributed by atoms with Crippen molar-refractivity contribution in [2.24, 2.45) is 0 Å². The predicted molar refractivity (Wildman–Crippen MR) is 66.6 cm³/mol. The van der Waals surface area contributed by atoms with Crippen LogP contribution in [0.25, 0.3) is 5.52 Å². The Morgan fingerprint density at radius 2 is 2.33 bits per heavy atom. The van der Waals surface area contributed by atoms with Crippen LogP contribution in [-0.4, -0.2) is 26.2 Å². The molecule has 0 atom stereocenters. The second kappa shape index (κ2) is 3.81. The molecule has 1 saturated carbocycles. The number of hydrogen-bond donors (Lipinski definition) is 2. The predicted octanol–water partition coefficient (Wildman–Crippen LogP) is 1.67. The Hall–Kier alpha value is -1.88. The van der Waals surface area contributed by atoms with Gasteiger partial charge in [0.1, 0.15) is 5.69 Å². The third-order valence-electron chi connectivity index (χ3n) is 3.45. The maximum Gasteiger partial charge on any atom is 0.354 e. The first-order valence-electron chi connectivity index (χ1n) is 6.03. The fourth-order valence-corrected chi connectivity index (χ4v) is 1.98. The number of carboxylic acid groups (broad SMARTS) is 1. The summed E-state index contributed by atoms with van der Waals surface area (Å²) in [6.45, 7) is 2.86. The number of hydrogen-bond acceptors (Lipinski definition) is 3. The van der Waals surface area contributed by atoms with Crippen LogP contribution >= 0.6 is 0 Å². The zero-order valence-electron chi connectivity index (χ0n) is 10.2. The van der Waals surface area contributed by atoms with Crippen molar-refractivity contribution in [1.82, 2.24) is 14.9 Å². The van der Waals surface area contributed by atoms with Crippen molar-refractivity contribution in [2.45, 2.75) is 31.8 Å². The molecule has 0 unspecified atom stereocenters. The molecule has 5 heteroatoms. The molecule has 2 N–H and O–H groups in total. The van der Waals surface area contributed by atoms with E-state index in [1.54, 1.807) is 12.1 Å². The summed E-state index contributed by atoms with van der Waals surface area (Å²) in [4.78, 5) is 11.1. The van der Waals surface area contributed by atoms with Gasteiger partial charge in [-0.2, -0.15) is 5.10 Å². The lowest BCUT2D eigenvalue weighted by molar-refractivity contribution is 0.0687. The van der Waals surface area contributed by atoms with Crippen molar-refractivity contribution in [2.75, 3.05) is 0 Å². The van der Waals surface area contributed by atoms with E-state index in [2.05, 4.69) is 17.3 Å². The smallest absolute Gasteiger partial charge is 0.354 e. The molecule has 2 aromatic heterocycles. The van der Waals surface area contributed by atoms with Crippen molar-refractivity contribution in [3.63, 3.8) is 0 Å². The Morgan fingerprint density at radius 1 is 1.56 bits per heavy atom. The number of aromatic nitrogens is 2. The highest BCUT2D eigenvalue weighted by atomic mass is 16.4. The van der Waals surface area contributed by atoms with E-state index in [4.69, 9.17) is 5.11 Å². The molecule has 0 amide bonds. The zero-order chi connectivity index (χ0) is 12.8. The molecule has 1 aliphatic carbocycles. The van der Waals surface area contributed by atoms with Crippen molar-refractivity contribution in [3.05, 3.63) is 35.7 Å². The number of aromatic carboxylic acids is 1. The van der Waals surface area contributed by atoms with E-state index in [9.17, 15) is 4.79 Å². The van der Waals surface area contributed by atoms with Crippen LogP contribution in [-0.2, 0) is 6.54 Å². The largest absolute Gasteiger partial charge is 0.477 e. The molecule has 5 nitrogen and oxygen atoms in total. The van der Waals surface area contributed by atoms with E-state index >= 15 is 0 Å². The monoisotopic (exact) mass is 245 g/mol. The molecule has 0 radical (unpaired) electrons. The number of carbonyl (C=O) groups is 1. The number of nitrogens with zero attached hydrogens (tertiary/aromatic N) is 2. The SMILES string of the molecule is CC1(NCc2cc3cccc(C(=O)O)n3n2)CC1. The second-order valence-corrected chi connectivity index (χ2v) is 5.10. The summed E-state index contributed by atoms with van der Waals surface area (Å²) < 4.78 is 1.48. The third kappa shape index (κ3) is 1.97. The number of nitrogens with one attached hydrogen (secondary N) is 1. The molecule has 0 saturated heterocycles. The normalized spacial score (nSPS) is 16.9. The Morgan fingerprint density at radius 3 is 3.00 bits per heavy atom. The van der Waals surface area contributed by atoms with Gasteiger partial charge in [-0.25, -0.2) is 9.31 Å². The van der Waals surface area contributed by atoms with Gasteiger partial charge in [0.05, 0.1) is 11.2 Å². The molecule has 0 spiro atoms. The highest BCUT2D eigenvalue weighted by Crippen LogP contribution is 2.34. The summed E-state index contributed by atoms with van der Waals surface area (Å²) >= 11 is 0. The average molecular weight is 245 g/mol. The summed E-state index contributed by atoms with van der Waals surface area (Å²) in [6.07, 6.45) is 2.39. The highest BCUT2D eigenvalue weighted by molar-refractivity contribution is 5.86. The Labute approximate surface area is 104 Å². The van der Waals surface area contributed by atoms with E-state index in [1.807, 2.05) is 12.1 Å². The molecule has 2 heterocycles. The highest BCUT2D eigenvalue weighted by Gasteiger charge is 2.36. The quantitative estimate of drug-likeness (QED) is 0.860. The molecule has 1 fully saturated rings. The number of pyridine rings is 1. The first kappa shape index (κ1) is 11.2. The topological polar surface area (TPSA) is 66.6 Å². The molecule has 18 heavy (non-hydrogen) atoms. The molecule has 2 aromatic rings. The van der Waals surface area contributed by atoms with Gasteiger partial charge < -0.3 is 10.4 Å². The van der Waals surface area contributed by atoms with Crippen LogP contribution in [0, 0.1) is 0 Å². The Balaban J connectivity index is 1.90. The van der Waals surface area contributed by atoms with E-state index < -0.39 is 5.97 Å². The molecular formula is C13H15N3O2. The van der Waals surface area contributed by atoms with Crippen LogP contribution in [0.1, 0.15) is 35.9 Å². The lowest BCUT2D eigenvalue weighted by atomic mass is 10.3. The Bertz CT molecular complexity index is 614. The summed E-state index contributed by atoms with van der Waals surface area (Å²) in [7, 11) is 0. The summed E-state index contributed by atoms with van der Waals surface area (Å²) in [5, 5.41) is 16.9. The van der Waals surface area contributed by atoms with Crippen molar-refractivity contribution < 1.29 is 9.90 Å². The van der Waals surface area contributed by atoms with Gasteiger partial charge in [0.15, 0.2) is 0 Å². The maximum absolute atomic E-state index is 11.1. The van der Waals surface area contributed by atoms with Crippen LogP contribution < -0.4 is 5.32 Å². The van der Waals surface area contributed by atoms with E-state index in [0.717, 1.165) is 11.2 Å². The van der Waals surface area contributed by atoms with Crippen LogP contribution in [0.2, 0.25) is 0 Å². The molecular weight excluding hydrogens is 230 g/mol. The summed E-state index contributed by atoms with van der Waals surface area (Å²) in [5.74, 6) is -0.961. The first-order valence-corrected chi connectivity index (χ1v) is 6.03. The number of fused-ring (bicyclic) bond motifs is 1. The van der Waals surface area contributed by atoms with Gasteiger partial charge in [-0.15, -0.1) is 0 Å². The van der Waals surface area contributed by atoms with Crippen LogP contribution in [0.4, 0.5) is 0 Å². The summed E-state index contributed by atoms with van der Waals surface area (Å²) in [6, 6.07) is 7.08. The minimum absolute atomic E-state index is 0.191. The first-order chi connectivity index (χ1) is 8.57. The van der Waals surface area contributed by atoms with Crippen LogP contribution in [0.3, 0.4) is 0 Å². The Kier molecular flexibility index (Phi) is 2.38. The van der Waals surface area contributed by atoms with Gasteiger partial charge in [-0.1, -0.05) is 6.07 Å². The fraction of sp³-hybridized carbons (Fsp3) is 0.385. The van der Waals surface area contributed by atoms with Gasteiger partial charge in [-0.3, -0.25) is 0 Å². The summed E-state index contributed by atoms with van der Waals surface area (Å²) in [5.41, 5.74) is 2.13. The van der Waals surface area contributed by atoms with Gasteiger partial charge in [0.25, 0.3) is 0 Å². The van der Waals surface area contributed by atoms with Crippen LogP contribution in [0.15, 0.2) is 24.3 Å². The average Bonchev–Trinajstić information content (AvgIpc) is 2.92. The van der Waals surface area contributed by atoms with Gasteiger partial charge in [0.2, 0.25) is 0 Å². The minimum Gasteiger partial charge on any atom is -0.477 e. The standard InChI is InChI=1S/C13H15N3O2/c1-13(5-6-13)14-8-9-7-10-3-2-4-11(12(17)18)16(10)15-9/h2-4,7,14H,5-6,8H2,1H3,(H,17,18). The van der Waals surface area contributed by atoms with E-state index in [-0.39, 0.29) is 11.2 Å². The molecule has 3 rings (SSSR count). The van der Waals surface area contributed by atoms with Crippen molar-refractivity contribution in [3.8, 4) is 0 Å².